The van der Waals surface area contributed by atoms with Gasteiger partial charge in [0.15, 0.2) is 0 Å². The van der Waals surface area contributed by atoms with Gasteiger partial charge in [-0.25, -0.2) is 13.1 Å². The van der Waals surface area contributed by atoms with Crippen LogP contribution in [0.25, 0.3) is 0 Å². The quantitative estimate of drug-likeness (QED) is 0.692. The minimum Gasteiger partial charge on any atom is -0.491 e. The van der Waals surface area contributed by atoms with Gasteiger partial charge in [-0.05, 0) is 18.7 Å². The summed E-state index contributed by atoms with van der Waals surface area (Å²) in [6.07, 6.45) is 0. The van der Waals surface area contributed by atoms with Crippen molar-refractivity contribution in [3.05, 3.63) is 24.3 Å². The Labute approximate surface area is 109 Å². The van der Waals surface area contributed by atoms with Gasteiger partial charge < -0.3 is 10.1 Å². The van der Waals surface area contributed by atoms with Gasteiger partial charge in [0.2, 0.25) is 10.0 Å². The zero-order valence-electron chi connectivity index (χ0n) is 10.8. The molecular formula is C12H20N2O3S. The molecule has 0 amide bonds. The average Bonchev–Trinajstić information content (AvgIpc) is 2.35. The van der Waals surface area contributed by atoms with E-state index in [0.29, 0.717) is 25.4 Å². The Balaban J connectivity index is 2.80. The summed E-state index contributed by atoms with van der Waals surface area (Å²) in [5, 5.41) is 3.11. The predicted molar refractivity (Wildman–Crippen MR) is 71.3 cm³/mol. The van der Waals surface area contributed by atoms with Gasteiger partial charge >= 0.3 is 0 Å². The summed E-state index contributed by atoms with van der Waals surface area (Å²) in [5.41, 5.74) is 0. The van der Waals surface area contributed by atoms with Crippen LogP contribution in [0.5, 0.6) is 5.75 Å². The highest BCUT2D eigenvalue weighted by Crippen LogP contribution is 2.22. The Hall–Kier alpha value is -1.11. The Morgan fingerprint density at radius 3 is 2.56 bits per heavy atom. The summed E-state index contributed by atoms with van der Waals surface area (Å²) < 4.78 is 31.8. The largest absolute Gasteiger partial charge is 0.491 e. The molecule has 102 valence electrons. The minimum atomic E-state index is -3.48. The van der Waals surface area contributed by atoms with Gasteiger partial charge in [0.1, 0.15) is 17.3 Å². The normalized spacial score (nSPS) is 11.4. The first-order chi connectivity index (χ1) is 8.61. The minimum absolute atomic E-state index is 0.184. The van der Waals surface area contributed by atoms with E-state index in [1.807, 2.05) is 6.92 Å². The number of sulfonamides is 1. The lowest BCUT2D eigenvalue weighted by Crippen LogP contribution is -2.25. The molecule has 0 aliphatic rings. The summed E-state index contributed by atoms with van der Waals surface area (Å²) >= 11 is 0. The molecule has 0 spiro atoms. The molecule has 0 unspecified atom stereocenters. The summed E-state index contributed by atoms with van der Waals surface area (Å²) in [6, 6.07) is 6.64. The van der Waals surface area contributed by atoms with Crippen LogP contribution in [0.4, 0.5) is 0 Å². The fourth-order valence-electron chi connectivity index (χ4n) is 1.47. The maximum absolute atomic E-state index is 11.9. The second-order valence-corrected chi connectivity index (χ2v) is 5.39. The van der Waals surface area contributed by atoms with Crippen molar-refractivity contribution in [1.29, 1.82) is 0 Å². The van der Waals surface area contributed by atoms with Crippen LogP contribution in [-0.4, -0.2) is 34.7 Å². The molecule has 1 aromatic carbocycles. The van der Waals surface area contributed by atoms with E-state index in [0.717, 1.165) is 6.54 Å². The van der Waals surface area contributed by atoms with Crippen molar-refractivity contribution < 1.29 is 13.2 Å². The van der Waals surface area contributed by atoms with E-state index in [4.69, 9.17) is 4.74 Å². The average molecular weight is 272 g/mol. The number of ether oxygens (including phenoxy) is 1. The first-order valence-electron chi connectivity index (χ1n) is 6.04. The van der Waals surface area contributed by atoms with E-state index in [-0.39, 0.29) is 4.90 Å². The summed E-state index contributed by atoms with van der Waals surface area (Å²) in [7, 11) is -3.48. The highest BCUT2D eigenvalue weighted by atomic mass is 32.2. The second-order valence-electron chi connectivity index (χ2n) is 3.65. The van der Waals surface area contributed by atoms with Gasteiger partial charge in [0, 0.05) is 13.1 Å². The Morgan fingerprint density at radius 1 is 1.17 bits per heavy atom. The lowest BCUT2D eigenvalue weighted by Gasteiger charge is -2.12. The third kappa shape index (κ3) is 4.29. The Kier molecular flexibility index (Phi) is 6.11. The molecule has 0 heterocycles. The second kappa shape index (κ2) is 7.35. The Morgan fingerprint density at radius 2 is 1.89 bits per heavy atom. The first kappa shape index (κ1) is 14.9. The standard InChI is InChI=1S/C12H20N2O3S/c1-3-13-9-10-17-11-7-5-6-8-12(11)18(15,16)14-4-2/h5-8,13-14H,3-4,9-10H2,1-2H3. The van der Waals surface area contributed by atoms with Gasteiger partial charge in [-0.1, -0.05) is 26.0 Å². The molecule has 0 saturated carbocycles. The van der Waals surface area contributed by atoms with Crippen molar-refractivity contribution in [3.8, 4) is 5.75 Å². The lowest BCUT2D eigenvalue weighted by atomic mass is 10.3. The summed E-state index contributed by atoms with van der Waals surface area (Å²) in [4.78, 5) is 0.184. The predicted octanol–water partition coefficient (Wildman–Crippen LogP) is 0.973. The van der Waals surface area contributed by atoms with Crippen LogP contribution in [0, 0.1) is 0 Å². The summed E-state index contributed by atoms with van der Waals surface area (Å²) in [5.74, 6) is 0.386. The highest BCUT2D eigenvalue weighted by molar-refractivity contribution is 7.89. The van der Waals surface area contributed by atoms with Gasteiger partial charge in [-0.3, -0.25) is 0 Å². The van der Waals surface area contributed by atoms with E-state index in [1.54, 1.807) is 31.2 Å². The maximum Gasteiger partial charge on any atom is 0.244 e. The topological polar surface area (TPSA) is 67.4 Å². The van der Waals surface area contributed by atoms with Crippen LogP contribution >= 0.6 is 0 Å². The van der Waals surface area contributed by atoms with E-state index >= 15 is 0 Å². The number of hydrogen-bond donors (Lipinski definition) is 2. The third-order valence-corrected chi connectivity index (χ3v) is 3.84. The van der Waals surface area contributed by atoms with Gasteiger partial charge in [-0.15, -0.1) is 0 Å². The lowest BCUT2D eigenvalue weighted by molar-refractivity contribution is 0.307. The summed E-state index contributed by atoms with van der Waals surface area (Å²) in [6.45, 7) is 6.09. The zero-order valence-corrected chi connectivity index (χ0v) is 11.6. The zero-order chi connectivity index (χ0) is 13.4. The molecule has 6 heteroatoms. The molecule has 1 aromatic rings. The molecule has 0 aliphatic heterocycles. The monoisotopic (exact) mass is 272 g/mol. The SMILES string of the molecule is CCNCCOc1ccccc1S(=O)(=O)NCC. The first-order valence-corrected chi connectivity index (χ1v) is 7.52. The van der Waals surface area contributed by atoms with E-state index in [9.17, 15) is 8.42 Å². The molecule has 2 N–H and O–H groups in total. The van der Waals surface area contributed by atoms with Crippen molar-refractivity contribution in [3.63, 3.8) is 0 Å². The smallest absolute Gasteiger partial charge is 0.244 e. The van der Waals surface area contributed by atoms with Gasteiger partial charge in [0.05, 0.1) is 0 Å². The molecule has 0 aromatic heterocycles. The molecule has 0 bridgehead atoms. The van der Waals surface area contributed by atoms with E-state index < -0.39 is 10.0 Å². The van der Waals surface area contributed by atoms with E-state index in [2.05, 4.69) is 10.0 Å². The van der Waals surface area contributed by atoms with Gasteiger partial charge in [0.25, 0.3) is 0 Å². The number of likely N-dealkylation sites (N-methyl/N-ethyl adjacent to an activating group) is 1. The van der Waals surface area contributed by atoms with E-state index in [1.165, 1.54) is 0 Å². The molecule has 1 rings (SSSR count). The van der Waals surface area contributed by atoms with Crippen molar-refractivity contribution in [2.24, 2.45) is 0 Å². The van der Waals surface area contributed by atoms with Crippen LogP contribution in [-0.2, 0) is 10.0 Å². The molecular weight excluding hydrogens is 252 g/mol. The molecule has 5 nitrogen and oxygen atoms in total. The fourth-order valence-corrected chi connectivity index (χ4v) is 2.65. The van der Waals surface area contributed by atoms with Crippen LogP contribution in [0.15, 0.2) is 29.2 Å². The van der Waals surface area contributed by atoms with Crippen molar-refractivity contribution >= 4 is 10.0 Å². The van der Waals surface area contributed by atoms with Crippen LogP contribution in [0.2, 0.25) is 0 Å². The highest BCUT2D eigenvalue weighted by Gasteiger charge is 2.17. The Bertz CT molecular complexity index is 460. The molecule has 0 radical (unpaired) electrons. The van der Waals surface area contributed by atoms with Crippen LogP contribution in [0.1, 0.15) is 13.8 Å². The molecule has 18 heavy (non-hydrogen) atoms. The fraction of sp³-hybridized carbons (Fsp3) is 0.500. The van der Waals surface area contributed by atoms with Crippen molar-refractivity contribution in [2.45, 2.75) is 18.7 Å². The molecule has 0 atom stereocenters. The number of para-hydroxylation sites is 1. The van der Waals surface area contributed by atoms with Gasteiger partial charge in [-0.2, -0.15) is 0 Å². The third-order valence-electron chi connectivity index (χ3n) is 2.26. The maximum atomic E-state index is 11.9. The van der Waals surface area contributed by atoms with Crippen molar-refractivity contribution in [1.82, 2.24) is 10.0 Å². The van der Waals surface area contributed by atoms with Crippen LogP contribution < -0.4 is 14.8 Å². The number of rotatable bonds is 8. The van der Waals surface area contributed by atoms with Crippen LogP contribution in [0.3, 0.4) is 0 Å². The number of nitrogens with one attached hydrogen (secondary N) is 2. The number of hydrogen-bond acceptors (Lipinski definition) is 4. The number of benzene rings is 1. The molecule has 0 fully saturated rings. The molecule has 0 aliphatic carbocycles. The van der Waals surface area contributed by atoms with Crippen molar-refractivity contribution in [2.75, 3.05) is 26.2 Å². The molecule has 0 saturated heterocycles.